The number of carbonyl (C=O) groups excluding carboxylic acids is 2. The Morgan fingerprint density at radius 3 is 2.27 bits per heavy atom. The van der Waals surface area contributed by atoms with E-state index < -0.39 is 0 Å². The van der Waals surface area contributed by atoms with Crippen molar-refractivity contribution in [3.8, 4) is 0 Å². The second kappa shape index (κ2) is 12.4. The molecule has 0 aromatic heterocycles. The monoisotopic (exact) mass is 429 g/mol. The lowest BCUT2D eigenvalue weighted by molar-refractivity contribution is 0.0952. The Labute approximate surface area is 185 Å². The number of halogens is 1. The van der Waals surface area contributed by atoms with Crippen LogP contribution in [0.25, 0.3) is 0 Å². The van der Waals surface area contributed by atoms with E-state index in [1.807, 2.05) is 31.2 Å². The van der Waals surface area contributed by atoms with Crippen LogP contribution in [0.2, 0.25) is 0 Å². The summed E-state index contributed by atoms with van der Waals surface area (Å²) in [6, 6.07) is 15.0. The third-order valence-electron chi connectivity index (χ3n) is 5.48. The number of carbonyl (C=O) groups is 2. The van der Waals surface area contributed by atoms with Crippen LogP contribution in [0.1, 0.15) is 64.8 Å². The number of hydrogen-bond donors (Lipinski definition) is 3. The van der Waals surface area contributed by atoms with Crippen LogP contribution in [0.5, 0.6) is 0 Å². The Hall–Kier alpha value is -2.37. The van der Waals surface area contributed by atoms with E-state index in [2.05, 4.69) is 16.0 Å². The molecule has 2 aromatic carbocycles. The van der Waals surface area contributed by atoms with Crippen molar-refractivity contribution in [3.63, 3.8) is 0 Å². The van der Waals surface area contributed by atoms with Crippen molar-refractivity contribution in [1.29, 1.82) is 0 Å². The second-order valence-electron chi connectivity index (χ2n) is 7.75. The van der Waals surface area contributed by atoms with E-state index in [-0.39, 0.29) is 24.2 Å². The van der Waals surface area contributed by atoms with E-state index >= 15 is 0 Å². The summed E-state index contributed by atoms with van der Waals surface area (Å²) in [4.78, 5) is 24.9. The molecule has 1 aliphatic carbocycles. The predicted molar refractivity (Wildman–Crippen MR) is 125 cm³/mol. The summed E-state index contributed by atoms with van der Waals surface area (Å²) in [7, 11) is 0. The lowest BCUT2D eigenvalue weighted by Gasteiger charge is -2.16. The molecule has 1 saturated carbocycles. The smallest absolute Gasteiger partial charge is 0.255 e. The minimum Gasteiger partial charge on any atom is -0.351 e. The van der Waals surface area contributed by atoms with Crippen LogP contribution < -0.4 is 16.0 Å². The molecule has 2 amide bonds. The third-order valence-corrected chi connectivity index (χ3v) is 5.48. The molecular weight excluding hydrogens is 398 g/mol. The molecule has 0 spiro atoms. The molecule has 0 radical (unpaired) electrons. The van der Waals surface area contributed by atoms with Crippen LogP contribution in [0.3, 0.4) is 0 Å². The minimum absolute atomic E-state index is 0. The molecule has 5 nitrogen and oxygen atoms in total. The summed E-state index contributed by atoms with van der Waals surface area (Å²) < 4.78 is 0. The Morgan fingerprint density at radius 2 is 1.57 bits per heavy atom. The SMILES string of the molecule is Cc1ccc(C(=O)NCCNC2CCCCCC2)cc1NC(=O)c1ccccc1.Cl. The molecular formula is C24H32ClN3O2. The first-order valence-electron chi connectivity index (χ1n) is 10.6. The maximum atomic E-state index is 12.5. The van der Waals surface area contributed by atoms with Crippen LogP contribution >= 0.6 is 12.4 Å². The van der Waals surface area contributed by atoms with Crippen molar-refractivity contribution in [2.24, 2.45) is 0 Å². The van der Waals surface area contributed by atoms with E-state index in [1.54, 1.807) is 24.3 Å². The van der Waals surface area contributed by atoms with Gasteiger partial charge >= 0.3 is 0 Å². The van der Waals surface area contributed by atoms with Gasteiger partial charge in [-0.3, -0.25) is 9.59 Å². The van der Waals surface area contributed by atoms with Gasteiger partial charge in [-0.05, 0) is 49.6 Å². The molecule has 30 heavy (non-hydrogen) atoms. The van der Waals surface area contributed by atoms with Gasteiger partial charge < -0.3 is 16.0 Å². The van der Waals surface area contributed by atoms with Gasteiger partial charge in [-0.15, -0.1) is 12.4 Å². The fourth-order valence-corrected chi connectivity index (χ4v) is 3.72. The van der Waals surface area contributed by atoms with E-state index in [4.69, 9.17) is 0 Å². The van der Waals surface area contributed by atoms with E-state index in [1.165, 1.54) is 38.5 Å². The van der Waals surface area contributed by atoms with Gasteiger partial charge in [-0.25, -0.2) is 0 Å². The minimum atomic E-state index is -0.182. The van der Waals surface area contributed by atoms with E-state index in [0.29, 0.717) is 29.4 Å². The number of amides is 2. The summed E-state index contributed by atoms with van der Waals surface area (Å²) in [5, 5.41) is 9.44. The number of benzene rings is 2. The summed E-state index contributed by atoms with van der Waals surface area (Å²) in [5.74, 6) is -0.304. The molecule has 0 aliphatic heterocycles. The lowest BCUT2D eigenvalue weighted by atomic mass is 10.1. The molecule has 1 fully saturated rings. The molecule has 6 heteroatoms. The number of hydrogen-bond acceptors (Lipinski definition) is 3. The zero-order chi connectivity index (χ0) is 20.5. The van der Waals surface area contributed by atoms with Crippen LogP contribution in [-0.2, 0) is 0 Å². The Bertz CT molecular complexity index is 818. The van der Waals surface area contributed by atoms with Gasteiger partial charge in [0.2, 0.25) is 0 Å². The Kier molecular flexibility index (Phi) is 9.84. The summed E-state index contributed by atoms with van der Waals surface area (Å²) in [5.41, 5.74) is 2.71. The molecule has 162 valence electrons. The van der Waals surface area contributed by atoms with Gasteiger partial charge in [0.1, 0.15) is 0 Å². The fourth-order valence-electron chi connectivity index (χ4n) is 3.72. The number of anilines is 1. The molecule has 2 aromatic rings. The highest BCUT2D eigenvalue weighted by Crippen LogP contribution is 2.19. The normalized spacial score (nSPS) is 14.3. The average molecular weight is 430 g/mol. The zero-order valence-corrected chi connectivity index (χ0v) is 18.4. The summed E-state index contributed by atoms with van der Waals surface area (Å²) in [6.07, 6.45) is 7.74. The largest absolute Gasteiger partial charge is 0.351 e. The van der Waals surface area contributed by atoms with Crippen molar-refractivity contribution in [2.45, 2.75) is 51.5 Å². The van der Waals surface area contributed by atoms with Crippen LogP contribution in [0, 0.1) is 6.92 Å². The molecule has 0 atom stereocenters. The number of aryl methyl sites for hydroxylation is 1. The van der Waals surface area contributed by atoms with Gasteiger partial charge in [0, 0.05) is 35.9 Å². The van der Waals surface area contributed by atoms with Gasteiger partial charge in [-0.2, -0.15) is 0 Å². The van der Waals surface area contributed by atoms with Crippen LogP contribution in [0.4, 0.5) is 5.69 Å². The molecule has 1 aliphatic rings. The van der Waals surface area contributed by atoms with Crippen molar-refractivity contribution in [1.82, 2.24) is 10.6 Å². The summed E-state index contributed by atoms with van der Waals surface area (Å²) >= 11 is 0. The molecule has 0 heterocycles. The van der Waals surface area contributed by atoms with Crippen molar-refractivity contribution in [3.05, 3.63) is 65.2 Å². The molecule has 0 saturated heterocycles. The van der Waals surface area contributed by atoms with Gasteiger partial charge in [0.15, 0.2) is 0 Å². The number of nitrogens with one attached hydrogen (secondary N) is 3. The highest BCUT2D eigenvalue weighted by Gasteiger charge is 2.13. The van der Waals surface area contributed by atoms with E-state index in [9.17, 15) is 9.59 Å². The maximum absolute atomic E-state index is 12.5. The van der Waals surface area contributed by atoms with Gasteiger partial charge in [-0.1, -0.05) is 49.9 Å². The fraction of sp³-hybridized carbons (Fsp3) is 0.417. The quantitative estimate of drug-likeness (QED) is 0.441. The van der Waals surface area contributed by atoms with Crippen LogP contribution in [0.15, 0.2) is 48.5 Å². The van der Waals surface area contributed by atoms with Crippen LogP contribution in [-0.4, -0.2) is 30.9 Å². The molecule has 3 rings (SSSR count). The van der Waals surface area contributed by atoms with Crippen molar-refractivity contribution in [2.75, 3.05) is 18.4 Å². The first-order chi connectivity index (χ1) is 14.1. The standard InChI is InChI=1S/C24H31N3O2.ClH/c1-18-13-14-20(17-22(18)27-24(29)19-9-5-4-6-10-19)23(28)26-16-15-25-21-11-7-2-3-8-12-21;/h4-6,9-10,13-14,17,21,25H,2-3,7-8,11-12,15-16H2,1H3,(H,26,28)(H,27,29);1H. The Balaban J connectivity index is 0.00000320. The van der Waals surface area contributed by atoms with Gasteiger partial charge in [0.05, 0.1) is 0 Å². The first-order valence-corrected chi connectivity index (χ1v) is 10.6. The maximum Gasteiger partial charge on any atom is 0.255 e. The zero-order valence-electron chi connectivity index (χ0n) is 17.6. The second-order valence-corrected chi connectivity index (χ2v) is 7.75. The van der Waals surface area contributed by atoms with E-state index in [0.717, 1.165) is 12.1 Å². The highest BCUT2D eigenvalue weighted by atomic mass is 35.5. The molecule has 3 N–H and O–H groups in total. The highest BCUT2D eigenvalue weighted by molar-refractivity contribution is 6.05. The third kappa shape index (κ3) is 7.15. The lowest BCUT2D eigenvalue weighted by Crippen LogP contribution is -2.36. The molecule has 0 bridgehead atoms. The Morgan fingerprint density at radius 1 is 0.867 bits per heavy atom. The first kappa shape index (κ1) is 23.9. The summed E-state index contributed by atoms with van der Waals surface area (Å²) in [6.45, 7) is 3.29. The average Bonchev–Trinajstić information content (AvgIpc) is 3.02. The van der Waals surface area contributed by atoms with Gasteiger partial charge in [0.25, 0.3) is 11.8 Å². The van der Waals surface area contributed by atoms with Crippen molar-refractivity contribution >= 4 is 29.9 Å². The van der Waals surface area contributed by atoms with Crippen molar-refractivity contribution < 1.29 is 9.59 Å². The predicted octanol–water partition coefficient (Wildman–Crippen LogP) is 4.71. The topological polar surface area (TPSA) is 70.2 Å². The number of rotatable bonds is 7. The molecule has 0 unspecified atom stereocenters.